The van der Waals surface area contributed by atoms with Crippen LogP contribution in [-0.4, -0.2) is 55.0 Å². The second-order valence-corrected chi connectivity index (χ2v) is 6.02. The van der Waals surface area contributed by atoms with Gasteiger partial charge in [0.15, 0.2) is 0 Å². The summed E-state index contributed by atoms with van der Waals surface area (Å²) in [5.74, 6) is 0.0930. The third kappa shape index (κ3) is 2.70. The van der Waals surface area contributed by atoms with Crippen LogP contribution in [-0.2, 0) is 0 Å². The number of nitrogens with zero attached hydrogens (tertiary/aromatic N) is 2. The van der Waals surface area contributed by atoms with Gasteiger partial charge in [0.1, 0.15) is 4.88 Å². The lowest BCUT2D eigenvalue weighted by Crippen LogP contribution is -2.56. The van der Waals surface area contributed by atoms with Crippen LogP contribution >= 0.6 is 27.3 Å². The van der Waals surface area contributed by atoms with E-state index in [0.717, 1.165) is 29.0 Å². The van der Waals surface area contributed by atoms with Gasteiger partial charge in [0.25, 0.3) is 5.91 Å². The Bertz CT molecular complexity index is 409. The fourth-order valence-corrected chi connectivity index (χ4v) is 3.55. The molecule has 1 saturated heterocycles. The number of hydrogen-bond donors (Lipinski definition) is 1. The Hall–Kier alpha value is -0.430. The number of carbonyl (C=O) groups is 1. The van der Waals surface area contributed by atoms with Gasteiger partial charge in [-0.05, 0) is 34.4 Å². The highest BCUT2D eigenvalue weighted by Gasteiger charge is 2.29. The van der Waals surface area contributed by atoms with E-state index < -0.39 is 0 Å². The van der Waals surface area contributed by atoms with Crippen molar-refractivity contribution in [3.63, 3.8) is 0 Å². The Morgan fingerprint density at radius 1 is 1.65 bits per heavy atom. The molecular formula is C11H16BrN3OS. The molecule has 0 radical (unpaired) electrons. The molecular weight excluding hydrogens is 302 g/mol. The topological polar surface area (TPSA) is 49.6 Å². The van der Waals surface area contributed by atoms with Crippen molar-refractivity contribution < 1.29 is 4.79 Å². The minimum atomic E-state index is 0.0930. The molecule has 1 amide bonds. The highest BCUT2D eigenvalue weighted by atomic mass is 79.9. The number of hydrogen-bond acceptors (Lipinski definition) is 4. The van der Waals surface area contributed by atoms with E-state index >= 15 is 0 Å². The Labute approximate surface area is 114 Å². The molecule has 0 bridgehead atoms. The molecule has 17 heavy (non-hydrogen) atoms. The molecule has 94 valence electrons. The summed E-state index contributed by atoms with van der Waals surface area (Å²) >= 11 is 4.88. The van der Waals surface area contributed by atoms with Gasteiger partial charge in [0.2, 0.25) is 0 Å². The van der Waals surface area contributed by atoms with Gasteiger partial charge in [0.05, 0.1) is 6.04 Å². The fourth-order valence-electron chi connectivity index (χ4n) is 2.06. The summed E-state index contributed by atoms with van der Waals surface area (Å²) in [7, 11) is 2.06. The quantitative estimate of drug-likeness (QED) is 0.892. The number of carbonyl (C=O) groups excluding carboxylic acids is 1. The number of nitrogens with two attached hydrogens (primary N) is 1. The third-order valence-corrected chi connectivity index (χ3v) is 4.86. The van der Waals surface area contributed by atoms with Gasteiger partial charge < -0.3 is 15.5 Å². The summed E-state index contributed by atoms with van der Waals surface area (Å²) in [6, 6.07) is 2.03. The lowest BCUT2D eigenvalue weighted by Gasteiger charge is -2.39. The van der Waals surface area contributed by atoms with Crippen molar-refractivity contribution in [2.45, 2.75) is 6.04 Å². The SMILES string of the molecule is CN1CCN(C(=O)c2sccc2Br)C(CN)C1. The lowest BCUT2D eigenvalue weighted by molar-refractivity contribution is 0.0520. The average Bonchev–Trinajstić information content (AvgIpc) is 2.74. The predicted molar refractivity (Wildman–Crippen MR) is 73.4 cm³/mol. The first kappa shape index (κ1) is 13.0. The van der Waals surface area contributed by atoms with E-state index in [9.17, 15) is 4.79 Å². The number of likely N-dealkylation sites (N-methyl/N-ethyl adjacent to an activating group) is 1. The molecule has 6 heteroatoms. The highest BCUT2D eigenvalue weighted by molar-refractivity contribution is 9.10. The Morgan fingerprint density at radius 2 is 2.41 bits per heavy atom. The maximum absolute atomic E-state index is 12.4. The van der Waals surface area contributed by atoms with E-state index in [1.54, 1.807) is 0 Å². The normalized spacial score (nSPS) is 21.8. The molecule has 2 heterocycles. The molecule has 0 spiro atoms. The maximum atomic E-state index is 12.4. The van der Waals surface area contributed by atoms with Crippen LogP contribution in [0.5, 0.6) is 0 Å². The van der Waals surface area contributed by atoms with Crippen LogP contribution in [0.3, 0.4) is 0 Å². The highest BCUT2D eigenvalue weighted by Crippen LogP contribution is 2.25. The fraction of sp³-hybridized carbons (Fsp3) is 0.545. The summed E-state index contributed by atoms with van der Waals surface area (Å²) in [4.78, 5) is 17.3. The van der Waals surface area contributed by atoms with Crippen LogP contribution in [0.4, 0.5) is 0 Å². The minimum absolute atomic E-state index is 0.0930. The average molecular weight is 318 g/mol. The van der Waals surface area contributed by atoms with Crippen LogP contribution in [0.25, 0.3) is 0 Å². The molecule has 1 atom stereocenters. The molecule has 1 unspecified atom stereocenters. The zero-order valence-electron chi connectivity index (χ0n) is 9.73. The van der Waals surface area contributed by atoms with Crippen molar-refractivity contribution in [1.29, 1.82) is 0 Å². The largest absolute Gasteiger partial charge is 0.331 e. The molecule has 1 aliphatic heterocycles. The van der Waals surface area contributed by atoms with Crippen molar-refractivity contribution >= 4 is 33.2 Å². The summed E-state index contributed by atoms with van der Waals surface area (Å²) < 4.78 is 0.877. The van der Waals surface area contributed by atoms with Gasteiger partial charge in [0, 0.05) is 30.7 Å². The second-order valence-electron chi connectivity index (χ2n) is 4.25. The number of amides is 1. The van der Waals surface area contributed by atoms with Crippen LogP contribution in [0.15, 0.2) is 15.9 Å². The Morgan fingerprint density at radius 3 is 3.00 bits per heavy atom. The van der Waals surface area contributed by atoms with Gasteiger partial charge >= 0.3 is 0 Å². The third-order valence-electron chi connectivity index (χ3n) is 3.03. The zero-order chi connectivity index (χ0) is 12.4. The molecule has 2 rings (SSSR count). The molecule has 2 N–H and O–H groups in total. The molecule has 1 aromatic heterocycles. The van der Waals surface area contributed by atoms with Crippen molar-refractivity contribution in [2.75, 3.05) is 33.2 Å². The Kier molecular flexibility index (Phi) is 4.19. The summed E-state index contributed by atoms with van der Waals surface area (Å²) in [5.41, 5.74) is 5.76. The molecule has 0 aliphatic carbocycles. The summed E-state index contributed by atoms with van der Waals surface area (Å²) in [6.07, 6.45) is 0. The van der Waals surface area contributed by atoms with Crippen molar-refractivity contribution in [2.24, 2.45) is 5.73 Å². The molecule has 1 aliphatic rings. The smallest absolute Gasteiger partial charge is 0.265 e. The molecule has 0 aromatic carbocycles. The zero-order valence-corrected chi connectivity index (χ0v) is 12.1. The number of thiophene rings is 1. The van der Waals surface area contributed by atoms with Gasteiger partial charge in [-0.1, -0.05) is 0 Å². The van der Waals surface area contributed by atoms with Gasteiger partial charge in [-0.15, -0.1) is 11.3 Å². The molecule has 1 aromatic rings. The van der Waals surface area contributed by atoms with Gasteiger partial charge in [-0.3, -0.25) is 4.79 Å². The second kappa shape index (κ2) is 5.48. The van der Waals surface area contributed by atoms with Crippen LogP contribution in [0.2, 0.25) is 0 Å². The summed E-state index contributed by atoms with van der Waals surface area (Å²) in [6.45, 7) is 3.02. The lowest BCUT2D eigenvalue weighted by atomic mass is 10.1. The molecule has 1 fully saturated rings. The molecule has 0 saturated carbocycles. The van der Waals surface area contributed by atoms with Gasteiger partial charge in [-0.25, -0.2) is 0 Å². The van der Waals surface area contributed by atoms with Crippen molar-refractivity contribution in [3.8, 4) is 0 Å². The van der Waals surface area contributed by atoms with E-state index in [2.05, 4.69) is 27.9 Å². The van der Waals surface area contributed by atoms with E-state index in [1.165, 1.54) is 11.3 Å². The number of piperazine rings is 1. The maximum Gasteiger partial charge on any atom is 0.265 e. The van der Waals surface area contributed by atoms with Crippen molar-refractivity contribution in [1.82, 2.24) is 9.80 Å². The first-order valence-electron chi connectivity index (χ1n) is 5.56. The number of halogens is 1. The minimum Gasteiger partial charge on any atom is -0.331 e. The number of rotatable bonds is 2. The standard InChI is InChI=1S/C11H16BrN3OS/c1-14-3-4-15(8(6-13)7-14)11(16)10-9(12)2-5-17-10/h2,5,8H,3-4,6-7,13H2,1H3. The van der Waals surface area contributed by atoms with Crippen LogP contribution < -0.4 is 5.73 Å². The van der Waals surface area contributed by atoms with Gasteiger partial charge in [-0.2, -0.15) is 0 Å². The van der Waals surface area contributed by atoms with E-state index in [4.69, 9.17) is 5.73 Å². The summed E-state index contributed by atoms with van der Waals surface area (Å²) in [5, 5.41) is 1.92. The van der Waals surface area contributed by atoms with Crippen molar-refractivity contribution in [3.05, 3.63) is 20.8 Å². The molecule has 4 nitrogen and oxygen atoms in total. The van der Waals surface area contributed by atoms with Crippen LogP contribution in [0, 0.1) is 0 Å². The Balaban J connectivity index is 2.16. The van der Waals surface area contributed by atoms with E-state index in [0.29, 0.717) is 6.54 Å². The first-order chi connectivity index (χ1) is 8.13. The van der Waals surface area contributed by atoms with E-state index in [-0.39, 0.29) is 11.9 Å². The monoisotopic (exact) mass is 317 g/mol. The van der Waals surface area contributed by atoms with E-state index in [1.807, 2.05) is 16.3 Å². The first-order valence-corrected chi connectivity index (χ1v) is 7.23. The van der Waals surface area contributed by atoms with Crippen LogP contribution in [0.1, 0.15) is 9.67 Å². The predicted octanol–water partition coefficient (Wildman–Crippen LogP) is 1.23.